The smallest absolute Gasteiger partial charge is 0.337 e. The van der Waals surface area contributed by atoms with Crippen molar-refractivity contribution in [3.8, 4) is 0 Å². The number of carbonyl (C=O) groups is 1. The van der Waals surface area contributed by atoms with Crippen molar-refractivity contribution < 1.29 is 9.53 Å². The molecule has 0 aliphatic heterocycles. The van der Waals surface area contributed by atoms with Crippen molar-refractivity contribution in [2.24, 2.45) is 11.7 Å². The third-order valence-corrected chi connectivity index (χ3v) is 3.62. The molecule has 1 aromatic rings. The number of nitrogens with two attached hydrogens (primary N) is 1. The molecule has 0 bridgehead atoms. The van der Waals surface area contributed by atoms with Gasteiger partial charge in [-0.05, 0) is 36.5 Å². The standard InChI is InChI=1S/C14H19NO2/c1-17-14(16)12-8-6-11(7-9-12)13(15)10-4-2-3-5-10/h6-10,13H,2-5,15H2,1H3. The molecule has 1 unspecified atom stereocenters. The maximum atomic E-state index is 11.3. The lowest BCUT2D eigenvalue weighted by Gasteiger charge is -2.19. The maximum absolute atomic E-state index is 11.3. The molecule has 0 saturated heterocycles. The Morgan fingerprint density at radius 2 is 1.88 bits per heavy atom. The number of benzene rings is 1. The van der Waals surface area contributed by atoms with Gasteiger partial charge >= 0.3 is 5.97 Å². The van der Waals surface area contributed by atoms with E-state index in [0.29, 0.717) is 11.5 Å². The highest BCUT2D eigenvalue weighted by molar-refractivity contribution is 5.89. The summed E-state index contributed by atoms with van der Waals surface area (Å²) in [5.41, 5.74) is 7.94. The van der Waals surface area contributed by atoms with Gasteiger partial charge in [-0.2, -0.15) is 0 Å². The summed E-state index contributed by atoms with van der Waals surface area (Å²) >= 11 is 0. The molecule has 92 valence electrons. The monoisotopic (exact) mass is 233 g/mol. The molecule has 0 spiro atoms. The molecule has 0 radical (unpaired) electrons. The average Bonchev–Trinajstić information content (AvgIpc) is 2.91. The number of hydrogen-bond donors (Lipinski definition) is 1. The summed E-state index contributed by atoms with van der Waals surface area (Å²) in [4.78, 5) is 11.3. The van der Waals surface area contributed by atoms with Crippen molar-refractivity contribution in [2.45, 2.75) is 31.7 Å². The highest BCUT2D eigenvalue weighted by Crippen LogP contribution is 2.34. The van der Waals surface area contributed by atoms with E-state index in [-0.39, 0.29) is 12.0 Å². The van der Waals surface area contributed by atoms with Crippen LogP contribution in [0.25, 0.3) is 0 Å². The number of ether oxygens (including phenoxy) is 1. The molecular formula is C14H19NO2. The molecule has 3 nitrogen and oxygen atoms in total. The summed E-state index contributed by atoms with van der Waals surface area (Å²) in [6.07, 6.45) is 5.02. The maximum Gasteiger partial charge on any atom is 0.337 e. The largest absolute Gasteiger partial charge is 0.465 e. The minimum atomic E-state index is -0.300. The van der Waals surface area contributed by atoms with Gasteiger partial charge in [0.25, 0.3) is 0 Å². The molecule has 1 aromatic carbocycles. The molecule has 1 aliphatic carbocycles. The fourth-order valence-electron chi connectivity index (χ4n) is 2.55. The van der Waals surface area contributed by atoms with Crippen LogP contribution in [0.4, 0.5) is 0 Å². The SMILES string of the molecule is COC(=O)c1ccc(C(N)C2CCCC2)cc1. The molecule has 17 heavy (non-hydrogen) atoms. The zero-order valence-corrected chi connectivity index (χ0v) is 10.2. The quantitative estimate of drug-likeness (QED) is 0.816. The Bertz CT molecular complexity index is 380. The third kappa shape index (κ3) is 2.67. The molecule has 0 aromatic heterocycles. The Morgan fingerprint density at radius 1 is 1.29 bits per heavy atom. The number of methoxy groups -OCH3 is 1. The zero-order valence-electron chi connectivity index (χ0n) is 10.2. The first-order chi connectivity index (χ1) is 8.22. The Balaban J connectivity index is 2.09. The summed E-state index contributed by atoms with van der Waals surface area (Å²) < 4.78 is 4.67. The van der Waals surface area contributed by atoms with Crippen LogP contribution in [-0.2, 0) is 4.74 Å². The Kier molecular flexibility index (Phi) is 3.79. The highest BCUT2D eigenvalue weighted by atomic mass is 16.5. The van der Waals surface area contributed by atoms with Gasteiger partial charge < -0.3 is 10.5 Å². The van der Waals surface area contributed by atoms with Gasteiger partial charge in [-0.3, -0.25) is 0 Å². The van der Waals surface area contributed by atoms with Crippen LogP contribution in [0.1, 0.15) is 47.6 Å². The van der Waals surface area contributed by atoms with Crippen molar-refractivity contribution in [3.63, 3.8) is 0 Å². The number of rotatable bonds is 3. The predicted molar refractivity (Wildman–Crippen MR) is 66.7 cm³/mol. The lowest BCUT2D eigenvalue weighted by Crippen LogP contribution is -2.19. The number of esters is 1. The van der Waals surface area contributed by atoms with Crippen LogP contribution in [0, 0.1) is 5.92 Å². The van der Waals surface area contributed by atoms with Crippen molar-refractivity contribution in [2.75, 3.05) is 7.11 Å². The summed E-state index contributed by atoms with van der Waals surface area (Å²) in [6, 6.07) is 7.56. The first kappa shape index (κ1) is 12.1. The Hall–Kier alpha value is -1.35. The minimum absolute atomic E-state index is 0.101. The van der Waals surface area contributed by atoms with Gasteiger partial charge in [-0.25, -0.2) is 4.79 Å². The van der Waals surface area contributed by atoms with Crippen molar-refractivity contribution in [3.05, 3.63) is 35.4 Å². The first-order valence-corrected chi connectivity index (χ1v) is 6.16. The molecule has 0 amide bonds. The van der Waals surface area contributed by atoms with Crippen LogP contribution in [0.3, 0.4) is 0 Å². The van der Waals surface area contributed by atoms with Gasteiger partial charge in [-0.1, -0.05) is 25.0 Å². The normalized spacial score (nSPS) is 18.0. The van der Waals surface area contributed by atoms with Gasteiger partial charge in [0.2, 0.25) is 0 Å². The summed E-state index contributed by atoms with van der Waals surface area (Å²) in [6.45, 7) is 0. The topological polar surface area (TPSA) is 52.3 Å². The Morgan fingerprint density at radius 3 is 2.41 bits per heavy atom. The van der Waals surface area contributed by atoms with Gasteiger partial charge in [0.05, 0.1) is 12.7 Å². The molecule has 1 atom stereocenters. The van der Waals surface area contributed by atoms with E-state index in [1.54, 1.807) is 12.1 Å². The molecule has 2 rings (SSSR count). The van der Waals surface area contributed by atoms with Crippen molar-refractivity contribution >= 4 is 5.97 Å². The van der Waals surface area contributed by atoms with E-state index in [0.717, 1.165) is 5.56 Å². The predicted octanol–water partition coefficient (Wildman–Crippen LogP) is 2.66. The zero-order chi connectivity index (χ0) is 12.3. The average molecular weight is 233 g/mol. The highest BCUT2D eigenvalue weighted by Gasteiger charge is 2.23. The van der Waals surface area contributed by atoms with Gasteiger partial charge in [0.1, 0.15) is 0 Å². The second-order valence-corrected chi connectivity index (χ2v) is 4.68. The van der Waals surface area contributed by atoms with Crippen molar-refractivity contribution in [1.29, 1.82) is 0 Å². The lowest BCUT2D eigenvalue weighted by molar-refractivity contribution is 0.0600. The fourth-order valence-corrected chi connectivity index (χ4v) is 2.55. The van der Waals surface area contributed by atoms with E-state index in [4.69, 9.17) is 5.73 Å². The van der Waals surface area contributed by atoms with E-state index < -0.39 is 0 Å². The van der Waals surface area contributed by atoms with E-state index in [2.05, 4.69) is 4.74 Å². The van der Waals surface area contributed by atoms with Crippen LogP contribution in [0.15, 0.2) is 24.3 Å². The van der Waals surface area contributed by atoms with Crippen LogP contribution in [0.5, 0.6) is 0 Å². The van der Waals surface area contributed by atoms with Gasteiger partial charge in [0.15, 0.2) is 0 Å². The van der Waals surface area contributed by atoms with Crippen LogP contribution < -0.4 is 5.73 Å². The van der Waals surface area contributed by atoms with Crippen LogP contribution >= 0.6 is 0 Å². The number of hydrogen-bond acceptors (Lipinski definition) is 3. The second kappa shape index (κ2) is 5.32. The van der Waals surface area contributed by atoms with E-state index in [9.17, 15) is 4.79 Å². The summed E-state index contributed by atoms with van der Waals surface area (Å²) in [5, 5.41) is 0. The minimum Gasteiger partial charge on any atom is -0.465 e. The molecular weight excluding hydrogens is 214 g/mol. The summed E-state index contributed by atoms with van der Waals surface area (Å²) in [7, 11) is 1.39. The molecule has 3 heteroatoms. The molecule has 1 fully saturated rings. The van der Waals surface area contributed by atoms with Crippen molar-refractivity contribution in [1.82, 2.24) is 0 Å². The van der Waals surface area contributed by atoms with Crippen LogP contribution in [0.2, 0.25) is 0 Å². The van der Waals surface area contributed by atoms with E-state index in [1.165, 1.54) is 32.8 Å². The molecule has 1 saturated carbocycles. The molecule has 2 N–H and O–H groups in total. The van der Waals surface area contributed by atoms with Gasteiger partial charge in [-0.15, -0.1) is 0 Å². The second-order valence-electron chi connectivity index (χ2n) is 4.68. The lowest BCUT2D eigenvalue weighted by atomic mass is 9.92. The van der Waals surface area contributed by atoms with Gasteiger partial charge in [0, 0.05) is 6.04 Å². The number of carbonyl (C=O) groups excluding carboxylic acids is 1. The summed E-state index contributed by atoms with van der Waals surface area (Å²) in [5.74, 6) is 0.296. The van der Waals surface area contributed by atoms with Crippen LogP contribution in [-0.4, -0.2) is 13.1 Å². The van der Waals surface area contributed by atoms with E-state index in [1.807, 2.05) is 12.1 Å². The fraction of sp³-hybridized carbons (Fsp3) is 0.500. The first-order valence-electron chi connectivity index (χ1n) is 6.16. The Labute approximate surface area is 102 Å². The molecule has 1 aliphatic rings. The third-order valence-electron chi connectivity index (χ3n) is 3.62. The molecule has 0 heterocycles. The van der Waals surface area contributed by atoms with E-state index >= 15 is 0 Å².